The summed E-state index contributed by atoms with van der Waals surface area (Å²) in [5.74, 6) is -0.954. The van der Waals surface area contributed by atoms with Crippen LogP contribution in [0.2, 0.25) is 0 Å². The van der Waals surface area contributed by atoms with E-state index in [1.54, 1.807) is 6.07 Å². The number of aromatic nitrogens is 4. The van der Waals surface area contributed by atoms with Gasteiger partial charge in [0.2, 0.25) is 0 Å². The first-order valence-corrected chi connectivity index (χ1v) is 11.7. The summed E-state index contributed by atoms with van der Waals surface area (Å²) in [6.45, 7) is 0.162. The summed E-state index contributed by atoms with van der Waals surface area (Å²) >= 11 is 3.74. The van der Waals surface area contributed by atoms with Gasteiger partial charge in [0.25, 0.3) is 0 Å². The Morgan fingerprint density at radius 1 is 1.10 bits per heavy atom. The van der Waals surface area contributed by atoms with Crippen molar-refractivity contribution in [2.45, 2.75) is 63.6 Å². The molecule has 2 aliphatic rings. The molecule has 1 N–H and O–H groups in total. The van der Waals surface area contributed by atoms with Crippen LogP contribution in [0.15, 0.2) is 34.8 Å². The van der Waals surface area contributed by atoms with E-state index >= 15 is 0 Å². The van der Waals surface area contributed by atoms with Gasteiger partial charge in [0.05, 0.1) is 12.1 Å². The molecule has 162 valence electrons. The number of benzene rings is 2. The van der Waals surface area contributed by atoms with Crippen molar-refractivity contribution in [1.82, 2.24) is 25.5 Å². The van der Waals surface area contributed by atoms with Crippen molar-refractivity contribution < 1.29 is 8.78 Å². The second-order valence-corrected chi connectivity index (χ2v) is 9.30. The fourth-order valence-electron chi connectivity index (χ4n) is 4.87. The lowest BCUT2D eigenvalue weighted by atomic mass is 9.99. The molecule has 0 spiro atoms. The Morgan fingerprint density at radius 3 is 2.68 bits per heavy atom. The van der Waals surface area contributed by atoms with Gasteiger partial charge < -0.3 is 0 Å². The van der Waals surface area contributed by atoms with Crippen LogP contribution in [-0.2, 0) is 19.4 Å². The van der Waals surface area contributed by atoms with E-state index in [9.17, 15) is 8.78 Å². The number of hydrogen-bond donors (Lipinski definition) is 1. The molecule has 1 fully saturated rings. The van der Waals surface area contributed by atoms with Gasteiger partial charge in [0, 0.05) is 16.6 Å². The summed E-state index contributed by atoms with van der Waals surface area (Å²) in [5.41, 5.74) is 4.00. The van der Waals surface area contributed by atoms with Crippen molar-refractivity contribution in [2.75, 3.05) is 0 Å². The van der Waals surface area contributed by atoms with Crippen LogP contribution in [0, 0.1) is 11.6 Å². The zero-order valence-corrected chi connectivity index (χ0v) is 18.7. The van der Waals surface area contributed by atoms with Crippen LogP contribution in [0.5, 0.6) is 0 Å². The number of nitrogens with zero attached hydrogens (tertiary/aromatic N) is 4. The minimum absolute atomic E-state index is 0.162. The Kier molecular flexibility index (Phi) is 5.84. The van der Waals surface area contributed by atoms with Crippen molar-refractivity contribution >= 4 is 15.9 Å². The monoisotopic (exact) mass is 487 g/mol. The first-order chi connectivity index (χ1) is 15.1. The van der Waals surface area contributed by atoms with Gasteiger partial charge in [-0.3, -0.25) is 5.32 Å². The third-order valence-corrected chi connectivity index (χ3v) is 7.18. The smallest absolute Gasteiger partial charge is 0.173 e. The van der Waals surface area contributed by atoms with Gasteiger partial charge in [-0.05, 0) is 71.4 Å². The van der Waals surface area contributed by atoms with E-state index in [0.717, 1.165) is 48.2 Å². The number of tetrazole rings is 1. The fourth-order valence-corrected chi connectivity index (χ4v) is 5.49. The van der Waals surface area contributed by atoms with Crippen molar-refractivity contribution in [3.63, 3.8) is 0 Å². The zero-order chi connectivity index (χ0) is 21.4. The highest BCUT2D eigenvalue weighted by Gasteiger charge is 2.29. The van der Waals surface area contributed by atoms with Crippen LogP contribution in [0.1, 0.15) is 72.3 Å². The maximum atomic E-state index is 14.3. The van der Waals surface area contributed by atoms with Gasteiger partial charge in [0.1, 0.15) is 0 Å². The minimum Gasteiger partial charge on any atom is -0.299 e. The topological polar surface area (TPSA) is 55.6 Å². The third-order valence-electron chi connectivity index (χ3n) is 6.50. The molecule has 5 nitrogen and oxygen atoms in total. The van der Waals surface area contributed by atoms with Gasteiger partial charge in [-0.2, -0.15) is 0 Å². The second kappa shape index (κ2) is 8.74. The molecule has 0 saturated heterocycles. The van der Waals surface area contributed by atoms with Gasteiger partial charge >= 0.3 is 0 Å². The molecule has 2 aliphatic carbocycles. The van der Waals surface area contributed by atoms with Crippen molar-refractivity contribution in [3.8, 4) is 0 Å². The molecular formula is C23H24BrF2N5. The number of hydrogen-bond acceptors (Lipinski definition) is 4. The third kappa shape index (κ3) is 4.03. The maximum absolute atomic E-state index is 14.3. The van der Waals surface area contributed by atoms with Gasteiger partial charge in [-0.1, -0.05) is 47.0 Å². The molecule has 0 radical (unpaired) electrons. The van der Waals surface area contributed by atoms with Crippen LogP contribution in [-0.4, -0.2) is 20.2 Å². The Bertz CT molecular complexity index is 1090. The predicted octanol–water partition coefficient (Wildman–Crippen LogP) is 5.20. The molecule has 1 unspecified atom stereocenters. The Hall–Kier alpha value is -2.19. The molecule has 1 aromatic heterocycles. The fraction of sp³-hybridized carbons (Fsp3) is 0.435. The normalized spacial score (nSPS) is 17.3. The van der Waals surface area contributed by atoms with E-state index in [0.29, 0.717) is 5.82 Å². The summed E-state index contributed by atoms with van der Waals surface area (Å²) in [4.78, 5) is 0. The molecule has 2 aromatic carbocycles. The lowest BCUT2D eigenvalue weighted by molar-refractivity contribution is 0.414. The highest BCUT2D eigenvalue weighted by Crippen LogP contribution is 2.36. The summed E-state index contributed by atoms with van der Waals surface area (Å²) in [5, 5.41) is 16.1. The Morgan fingerprint density at radius 2 is 1.87 bits per heavy atom. The van der Waals surface area contributed by atoms with E-state index < -0.39 is 11.6 Å². The molecule has 1 atom stereocenters. The summed E-state index contributed by atoms with van der Waals surface area (Å²) in [6.07, 6.45) is 7.72. The van der Waals surface area contributed by atoms with Gasteiger partial charge in [0.15, 0.2) is 17.5 Å². The highest BCUT2D eigenvalue weighted by atomic mass is 79.9. The first kappa shape index (κ1) is 20.7. The van der Waals surface area contributed by atoms with Crippen LogP contribution in [0.4, 0.5) is 8.78 Å². The van der Waals surface area contributed by atoms with E-state index in [1.165, 1.54) is 30.0 Å². The zero-order valence-electron chi connectivity index (χ0n) is 17.1. The molecule has 0 aliphatic heterocycles. The van der Waals surface area contributed by atoms with Crippen molar-refractivity contribution in [2.24, 2.45) is 0 Å². The van der Waals surface area contributed by atoms with E-state index in [1.807, 2.05) is 4.68 Å². The Labute approximate surface area is 188 Å². The molecule has 3 aromatic rings. The SMILES string of the molecule is Fc1cccc(CNC(c2cc3c(cc2Br)CCC3)c2nnnn2C2CCCC2)c1F. The predicted molar refractivity (Wildman–Crippen MR) is 117 cm³/mol. The van der Waals surface area contributed by atoms with Crippen LogP contribution in [0.3, 0.4) is 0 Å². The number of nitrogens with one attached hydrogen (secondary N) is 1. The lowest BCUT2D eigenvalue weighted by Gasteiger charge is -2.23. The first-order valence-electron chi connectivity index (χ1n) is 10.9. The Balaban J connectivity index is 1.53. The molecule has 1 heterocycles. The van der Waals surface area contributed by atoms with Crippen molar-refractivity contribution in [3.05, 3.63) is 74.5 Å². The highest BCUT2D eigenvalue weighted by molar-refractivity contribution is 9.10. The molecule has 1 saturated carbocycles. The number of rotatable bonds is 6. The van der Waals surface area contributed by atoms with Gasteiger partial charge in [-0.25, -0.2) is 13.5 Å². The average Bonchev–Trinajstić information content (AvgIpc) is 3.52. The lowest BCUT2D eigenvalue weighted by Crippen LogP contribution is -2.27. The number of aryl methyl sites for hydroxylation is 2. The molecule has 8 heteroatoms. The molecule has 31 heavy (non-hydrogen) atoms. The molecule has 0 amide bonds. The number of halogens is 3. The van der Waals surface area contributed by atoms with E-state index in [4.69, 9.17) is 0 Å². The van der Waals surface area contributed by atoms with Crippen molar-refractivity contribution in [1.29, 1.82) is 0 Å². The molecule has 5 rings (SSSR count). The van der Waals surface area contributed by atoms with Crippen LogP contribution >= 0.6 is 15.9 Å². The minimum atomic E-state index is -0.842. The maximum Gasteiger partial charge on any atom is 0.173 e. The summed E-state index contributed by atoms with van der Waals surface area (Å²) in [7, 11) is 0. The largest absolute Gasteiger partial charge is 0.299 e. The van der Waals surface area contributed by atoms with Crippen LogP contribution < -0.4 is 5.32 Å². The van der Waals surface area contributed by atoms with E-state index in [2.05, 4.69) is 48.9 Å². The quantitative estimate of drug-likeness (QED) is 0.519. The van der Waals surface area contributed by atoms with Gasteiger partial charge in [-0.15, -0.1) is 5.10 Å². The van der Waals surface area contributed by atoms with E-state index in [-0.39, 0.29) is 24.2 Å². The van der Waals surface area contributed by atoms with Crippen LogP contribution in [0.25, 0.3) is 0 Å². The summed E-state index contributed by atoms with van der Waals surface area (Å²) in [6, 6.07) is 8.57. The molecule has 0 bridgehead atoms. The second-order valence-electron chi connectivity index (χ2n) is 8.44. The number of fused-ring (bicyclic) bond motifs is 1. The summed E-state index contributed by atoms with van der Waals surface area (Å²) < 4.78 is 30.9. The molecular weight excluding hydrogens is 464 g/mol. The average molecular weight is 488 g/mol. The standard InChI is InChI=1S/C23H24BrF2N5/c24-19-12-15-6-3-5-14(15)11-18(19)22(27-13-16-7-4-10-20(25)21(16)26)23-28-29-30-31(23)17-8-1-2-9-17/h4,7,10-12,17,22,27H,1-3,5-6,8-9,13H2.